The molecule has 120 valence electrons. The topological polar surface area (TPSA) is 0 Å². The van der Waals surface area contributed by atoms with Gasteiger partial charge in [0.2, 0.25) is 0 Å². The summed E-state index contributed by atoms with van der Waals surface area (Å²) >= 11 is 0. The Balaban J connectivity index is 1.67. The molecule has 1 saturated heterocycles. The molecule has 4 rings (SSSR count). The standard InChI is InChI=1S/C22H27P/c1-4-10-18(11-5-1)21-16-17-22(19-12-6-2-7-13-19)23(21)20-14-8-3-9-15-20/h1-2,4-7,10-13,20-22H,3,8-9,14-17H2. The monoisotopic (exact) mass is 322 g/mol. The second kappa shape index (κ2) is 7.18. The molecule has 1 heteroatoms. The molecule has 0 nitrogen and oxygen atoms in total. The lowest BCUT2D eigenvalue weighted by molar-refractivity contribution is 0.508. The molecule has 2 aromatic carbocycles. The van der Waals surface area contributed by atoms with E-state index < -0.39 is 0 Å². The van der Waals surface area contributed by atoms with Gasteiger partial charge in [-0.3, -0.25) is 0 Å². The molecule has 0 bridgehead atoms. The van der Waals surface area contributed by atoms with Crippen LogP contribution in [0, 0.1) is 0 Å². The third-order valence-corrected chi connectivity index (χ3v) is 9.71. The van der Waals surface area contributed by atoms with Gasteiger partial charge in [-0.25, -0.2) is 0 Å². The molecule has 2 unspecified atom stereocenters. The first-order chi connectivity index (χ1) is 11.4. The normalized spacial score (nSPS) is 28.8. The van der Waals surface area contributed by atoms with Crippen LogP contribution in [0.25, 0.3) is 0 Å². The smallest absolute Gasteiger partial charge is 0.00501 e. The molecule has 0 spiro atoms. The summed E-state index contributed by atoms with van der Waals surface area (Å²) in [6, 6.07) is 22.8. The zero-order chi connectivity index (χ0) is 15.5. The molecule has 0 amide bonds. The van der Waals surface area contributed by atoms with E-state index in [9.17, 15) is 0 Å². The fraction of sp³-hybridized carbons (Fsp3) is 0.455. The van der Waals surface area contributed by atoms with Crippen molar-refractivity contribution in [3.8, 4) is 0 Å². The van der Waals surface area contributed by atoms with Crippen LogP contribution in [0.1, 0.15) is 67.4 Å². The Bertz CT molecular complexity index is 553. The summed E-state index contributed by atoms with van der Waals surface area (Å²) in [6.07, 6.45) is 10.2. The van der Waals surface area contributed by atoms with Crippen LogP contribution < -0.4 is 0 Å². The maximum absolute atomic E-state index is 2.39. The van der Waals surface area contributed by atoms with Crippen LogP contribution in [0.3, 0.4) is 0 Å². The second-order valence-electron chi connectivity index (χ2n) is 7.17. The highest BCUT2D eigenvalue weighted by atomic mass is 31.1. The van der Waals surface area contributed by atoms with Gasteiger partial charge in [-0.1, -0.05) is 87.8 Å². The van der Waals surface area contributed by atoms with Crippen molar-refractivity contribution in [3.63, 3.8) is 0 Å². The first-order valence-electron chi connectivity index (χ1n) is 9.31. The van der Waals surface area contributed by atoms with Crippen LogP contribution in [-0.2, 0) is 0 Å². The van der Waals surface area contributed by atoms with Gasteiger partial charge in [-0.2, -0.15) is 0 Å². The predicted octanol–water partition coefficient (Wildman–Crippen LogP) is 7.08. The number of hydrogen-bond donors (Lipinski definition) is 0. The minimum atomic E-state index is 0.0573. The van der Waals surface area contributed by atoms with E-state index in [0.29, 0.717) is 0 Å². The molecular weight excluding hydrogens is 295 g/mol. The van der Waals surface area contributed by atoms with E-state index in [1.807, 2.05) is 0 Å². The third kappa shape index (κ3) is 3.24. The highest BCUT2D eigenvalue weighted by molar-refractivity contribution is 7.59. The van der Waals surface area contributed by atoms with E-state index in [2.05, 4.69) is 60.7 Å². The lowest BCUT2D eigenvalue weighted by Gasteiger charge is -2.36. The third-order valence-electron chi connectivity index (χ3n) is 5.80. The summed E-state index contributed by atoms with van der Waals surface area (Å²) in [6.45, 7) is 0. The van der Waals surface area contributed by atoms with E-state index in [4.69, 9.17) is 0 Å². The first-order valence-corrected chi connectivity index (χ1v) is 10.9. The van der Waals surface area contributed by atoms with Crippen molar-refractivity contribution >= 4 is 7.92 Å². The maximum atomic E-state index is 2.39. The Labute approximate surface area is 142 Å². The van der Waals surface area contributed by atoms with E-state index in [1.165, 1.54) is 44.9 Å². The highest BCUT2D eigenvalue weighted by Crippen LogP contribution is 2.74. The van der Waals surface area contributed by atoms with Crippen molar-refractivity contribution in [3.05, 3.63) is 71.8 Å². The summed E-state index contributed by atoms with van der Waals surface area (Å²) in [5, 5.41) is 0. The first kappa shape index (κ1) is 15.4. The molecule has 2 aliphatic rings. The molecule has 0 aromatic heterocycles. The van der Waals surface area contributed by atoms with Crippen LogP contribution >= 0.6 is 7.92 Å². The molecule has 1 saturated carbocycles. The average molecular weight is 322 g/mol. The van der Waals surface area contributed by atoms with Gasteiger partial charge in [0.15, 0.2) is 0 Å². The number of rotatable bonds is 3. The van der Waals surface area contributed by atoms with Gasteiger partial charge >= 0.3 is 0 Å². The molecular formula is C22H27P. The summed E-state index contributed by atoms with van der Waals surface area (Å²) < 4.78 is 0. The molecule has 0 radical (unpaired) electrons. The Morgan fingerprint density at radius 1 is 0.565 bits per heavy atom. The highest BCUT2D eigenvalue weighted by Gasteiger charge is 2.41. The molecule has 2 aromatic rings. The van der Waals surface area contributed by atoms with Crippen molar-refractivity contribution in [1.29, 1.82) is 0 Å². The predicted molar refractivity (Wildman–Crippen MR) is 101 cm³/mol. The van der Waals surface area contributed by atoms with Crippen molar-refractivity contribution < 1.29 is 0 Å². The summed E-state index contributed by atoms with van der Waals surface area (Å²) in [5.41, 5.74) is 5.89. The molecule has 2 atom stereocenters. The van der Waals surface area contributed by atoms with Crippen LogP contribution in [0.15, 0.2) is 60.7 Å². The SMILES string of the molecule is c1ccc(C2CCC(c3ccccc3)P2C2CCCCC2)cc1. The zero-order valence-electron chi connectivity index (χ0n) is 13.9. The number of benzene rings is 2. The van der Waals surface area contributed by atoms with Crippen molar-refractivity contribution in [2.24, 2.45) is 0 Å². The van der Waals surface area contributed by atoms with Crippen molar-refractivity contribution in [2.45, 2.75) is 61.9 Å². The fourth-order valence-electron chi connectivity index (χ4n) is 4.75. The summed E-state index contributed by atoms with van der Waals surface area (Å²) in [7, 11) is 0.0573. The summed E-state index contributed by atoms with van der Waals surface area (Å²) in [5.74, 6) is 0. The van der Waals surface area contributed by atoms with Gasteiger partial charge in [-0.15, -0.1) is 0 Å². The zero-order valence-corrected chi connectivity index (χ0v) is 14.8. The van der Waals surface area contributed by atoms with Gasteiger partial charge in [0.25, 0.3) is 0 Å². The van der Waals surface area contributed by atoms with Gasteiger partial charge in [-0.05, 0) is 42.5 Å². The second-order valence-corrected chi connectivity index (χ2v) is 10.0. The van der Waals surface area contributed by atoms with Gasteiger partial charge in [0.1, 0.15) is 0 Å². The molecule has 1 heterocycles. The van der Waals surface area contributed by atoms with Crippen LogP contribution in [0.5, 0.6) is 0 Å². The minimum Gasteiger partial charge on any atom is -0.0881 e. The lowest BCUT2D eigenvalue weighted by atomic mass is 10.0. The maximum Gasteiger partial charge on any atom is 0.00501 e. The molecule has 23 heavy (non-hydrogen) atoms. The van der Waals surface area contributed by atoms with E-state index >= 15 is 0 Å². The Kier molecular flexibility index (Phi) is 4.81. The van der Waals surface area contributed by atoms with Gasteiger partial charge < -0.3 is 0 Å². The largest absolute Gasteiger partial charge is 0.0881 e. The molecule has 1 aliphatic carbocycles. The lowest BCUT2D eigenvalue weighted by Crippen LogP contribution is -2.14. The van der Waals surface area contributed by atoms with E-state index in [0.717, 1.165) is 17.0 Å². The van der Waals surface area contributed by atoms with Crippen LogP contribution in [0.4, 0.5) is 0 Å². The Morgan fingerprint density at radius 2 is 1.04 bits per heavy atom. The Morgan fingerprint density at radius 3 is 1.52 bits per heavy atom. The molecule has 1 aliphatic heterocycles. The van der Waals surface area contributed by atoms with Crippen LogP contribution in [-0.4, -0.2) is 5.66 Å². The fourth-order valence-corrected chi connectivity index (χ4v) is 9.09. The van der Waals surface area contributed by atoms with Crippen LogP contribution in [0.2, 0.25) is 0 Å². The summed E-state index contributed by atoms with van der Waals surface area (Å²) in [4.78, 5) is 0. The van der Waals surface area contributed by atoms with Crippen molar-refractivity contribution in [1.82, 2.24) is 0 Å². The molecule has 0 N–H and O–H groups in total. The van der Waals surface area contributed by atoms with Gasteiger partial charge in [0.05, 0.1) is 0 Å². The van der Waals surface area contributed by atoms with E-state index in [-0.39, 0.29) is 7.92 Å². The minimum absolute atomic E-state index is 0.0573. The average Bonchev–Trinajstić information content (AvgIpc) is 3.09. The van der Waals surface area contributed by atoms with E-state index in [1.54, 1.807) is 11.1 Å². The molecule has 2 fully saturated rings. The Hall–Kier alpha value is -1.13. The number of hydrogen-bond acceptors (Lipinski definition) is 0. The quantitative estimate of drug-likeness (QED) is 0.530. The van der Waals surface area contributed by atoms with Crippen molar-refractivity contribution in [2.75, 3.05) is 0 Å². The van der Waals surface area contributed by atoms with Gasteiger partial charge in [0, 0.05) is 11.3 Å².